The standard InChI is InChI=1S/C45H60N14O8/c1-3-10-36(60)54-32-16-17-37(61)53-25(2)38(44(67)56-33(39(46)62)20-27-22-51-30-14-8-7-13-29(27)30)59-41(64)31(15-9-18-50-45(47)48)55-42(65)34(19-26-11-5-4-6-12-26)57-43(66)35(58-40(32)63)21-28-23-49-24-52-28/h4-8,11-14,22-25,31-35,38,51H,3,9-10,15-21H2,1-2H3,(H2,46,62)(H,49,52)(H,53,61)(H,54,60)(H,55,65)(H,56,67)(H,57,66)(H,58,63)(H,59,64)(H4,47,48,50)/t25?,31-,32-,33-,34+,35-,38-/m0/s1. The van der Waals surface area contributed by atoms with Crippen LogP contribution in [0.5, 0.6) is 0 Å². The molecular formula is C45H60N14O8. The second-order valence-corrected chi connectivity index (χ2v) is 16.4. The summed E-state index contributed by atoms with van der Waals surface area (Å²) in [5.41, 5.74) is 19.5. The van der Waals surface area contributed by atoms with Crippen molar-refractivity contribution < 1.29 is 38.4 Å². The van der Waals surface area contributed by atoms with Gasteiger partial charge in [-0.05, 0) is 49.8 Å². The second-order valence-electron chi connectivity index (χ2n) is 16.4. The molecule has 67 heavy (non-hydrogen) atoms. The van der Waals surface area contributed by atoms with E-state index >= 15 is 0 Å². The van der Waals surface area contributed by atoms with Crippen molar-refractivity contribution in [1.82, 2.24) is 52.2 Å². The highest BCUT2D eigenvalue weighted by molar-refractivity contribution is 5.98. The molecule has 358 valence electrons. The Bertz CT molecular complexity index is 2380. The first-order valence-electron chi connectivity index (χ1n) is 22.1. The fraction of sp³-hybridized carbons (Fsp3) is 0.422. The smallest absolute Gasteiger partial charge is 0.245 e. The molecule has 0 spiro atoms. The summed E-state index contributed by atoms with van der Waals surface area (Å²) >= 11 is 0. The third-order valence-corrected chi connectivity index (χ3v) is 11.1. The van der Waals surface area contributed by atoms with Gasteiger partial charge in [0.05, 0.1) is 12.4 Å². The molecule has 4 aromatic rings. The Kier molecular flexibility index (Phi) is 18.4. The van der Waals surface area contributed by atoms with Crippen LogP contribution in [0.4, 0.5) is 0 Å². The van der Waals surface area contributed by atoms with Crippen LogP contribution in [0.25, 0.3) is 10.9 Å². The Labute approximate surface area is 386 Å². The maximum Gasteiger partial charge on any atom is 0.245 e. The number of amides is 8. The van der Waals surface area contributed by atoms with Crippen LogP contribution in [0.2, 0.25) is 0 Å². The predicted octanol–water partition coefficient (Wildman–Crippen LogP) is -1.53. The van der Waals surface area contributed by atoms with Gasteiger partial charge < -0.3 is 64.4 Å². The number of aromatic nitrogens is 3. The van der Waals surface area contributed by atoms with E-state index < -0.39 is 89.6 Å². The first kappa shape index (κ1) is 50.2. The number of imidazole rings is 1. The van der Waals surface area contributed by atoms with E-state index in [1.807, 2.05) is 24.3 Å². The number of hydrogen-bond donors (Lipinski definition) is 12. The summed E-state index contributed by atoms with van der Waals surface area (Å²) in [7, 11) is 0. The zero-order chi connectivity index (χ0) is 48.5. The van der Waals surface area contributed by atoms with Crippen LogP contribution in [0.15, 0.2) is 78.3 Å². The highest BCUT2D eigenvalue weighted by atomic mass is 16.2. The SMILES string of the molecule is CCCC(=O)N[C@H]1CCC(=O)NC(C)[C@@H](C(=O)N[C@@H](Cc2c[nH]c3ccccc23)C(N)=O)NC(=O)[C@H](CCCN=C(N)N)NC(=O)[C@@H](Cc2ccccc2)NC(=O)[C@H](Cc2cnc[nH]2)NC1=O. The third kappa shape index (κ3) is 15.1. The van der Waals surface area contributed by atoms with Gasteiger partial charge in [0.25, 0.3) is 0 Å². The quantitative estimate of drug-likeness (QED) is 0.0347. The number of fused-ring (bicyclic) bond motifs is 1. The van der Waals surface area contributed by atoms with Crippen LogP contribution < -0.4 is 54.4 Å². The van der Waals surface area contributed by atoms with Crippen molar-refractivity contribution in [1.29, 1.82) is 0 Å². The molecule has 5 rings (SSSR count). The Morgan fingerprint density at radius 2 is 1.49 bits per heavy atom. The van der Waals surface area contributed by atoms with Crippen LogP contribution in [0.3, 0.4) is 0 Å². The lowest BCUT2D eigenvalue weighted by atomic mass is 10.0. The van der Waals surface area contributed by atoms with Gasteiger partial charge in [-0.1, -0.05) is 55.5 Å². The summed E-state index contributed by atoms with van der Waals surface area (Å²) in [6.07, 6.45) is 4.37. The Hall–Kier alpha value is -7.78. The molecule has 7 atom stereocenters. The Morgan fingerprint density at radius 3 is 2.18 bits per heavy atom. The van der Waals surface area contributed by atoms with Gasteiger partial charge in [-0.25, -0.2) is 4.98 Å². The summed E-state index contributed by atoms with van der Waals surface area (Å²) < 4.78 is 0. The number of carbonyl (C=O) groups excluding carboxylic acids is 8. The average molecular weight is 925 g/mol. The lowest BCUT2D eigenvalue weighted by molar-refractivity contribution is -0.136. The van der Waals surface area contributed by atoms with E-state index in [0.717, 1.165) is 10.9 Å². The molecule has 2 aromatic carbocycles. The average Bonchev–Trinajstić information content (AvgIpc) is 3.97. The number of primary amides is 1. The van der Waals surface area contributed by atoms with E-state index in [1.54, 1.807) is 43.5 Å². The molecule has 0 radical (unpaired) electrons. The van der Waals surface area contributed by atoms with Crippen LogP contribution in [-0.4, -0.2) is 117 Å². The largest absolute Gasteiger partial charge is 0.370 e. The third-order valence-electron chi connectivity index (χ3n) is 11.1. The van der Waals surface area contributed by atoms with Crippen molar-refractivity contribution in [2.24, 2.45) is 22.2 Å². The number of aromatic amines is 2. The van der Waals surface area contributed by atoms with Crippen LogP contribution in [0, 0.1) is 0 Å². The number of nitrogens with zero attached hydrogens (tertiary/aromatic N) is 2. The number of aliphatic imine (C=N–C) groups is 1. The zero-order valence-electron chi connectivity index (χ0n) is 37.4. The summed E-state index contributed by atoms with van der Waals surface area (Å²) in [4.78, 5) is 125. The fourth-order valence-corrected chi connectivity index (χ4v) is 7.60. The molecule has 8 amide bonds. The van der Waals surface area contributed by atoms with E-state index in [1.165, 1.54) is 19.4 Å². The number of carbonyl (C=O) groups is 8. The molecule has 1 saturated heterocycles. The zero-order valence-corrected chi connectivity index (χ0v) is 37.4. The van der Waals surface area contributed by atoms with Gasteiger partial charge in [0.15, 0.2) is 5.96 Å². The topological polar surface area (TPSA) is 356 Å². The van der Waals surface area contributed by atoms with Crippen LogP contribution in [-0.2, 0) is 57.6 Å². The fourth-order valence-electron chi connectivity index (χ4n) is 7.60. The molecule has 0 bridgehead atoms. The normalized spacial score (nSPS) is 21.5. The molecule has 15 N–H and O–H groups in total. The van der Waals surface area contributed by atoms with Crippen molar-refractivity contribution in [2.75, 3.05) is 6.54 Å². The highest BCUT2D eigenvalue weighted by Gasteiger charge is 2.36. The van der Waals surface area contributed by atoms with Crippen molar-refractivity contribution in [2.45, 2.75) is 114 Å². The number of nitrogens with one attached hydrogen (secondary N) is 9. The lowest BCUT2D eigenvalue weighted by Gasteiger charge is -2.30. The molecule has 1 fully saturated rings. The maximum atomic E-state index is 14.5. The Morgan fingerprint density at radius 1 is 0.821 bits per heavy atom. The van der Waals surface area contributed by atoms with Gasteiger partial charge in [0.1, 0.15) is 36.3 Å². The minimum atomic E-state index is -1.58. The van der Waals surface area contributed by atoms with E-state index in [0.29, 0.717) is 23.2 Å². The van der Waals surface area contributed by atoms with Crippen molar-refractivity contribution >= 4 is 64.1 Å². The molecule has 22 heteroatoms. The summed E-state index contributed by atoms with van der Waals surface area (Å²) in [5.74, 6) is -6.35. The van der Waals surface area contributed by atoms with Crippen molar-refractivity contribution in [3.05, 3.63) is 90.1 Å². The molecular weight excluding hydrogens is 865 g/mol. The monoisotopic (exact) mass is 924 g/mol. The number of benzene rings is 2. The van der Waals surface area contributed by atoms with Crippen LogP contribution >= 0.6 is 0 Å². The van der Waals surface area contributed by atoms with Crippen molar-refractivity contribution in [3.8, 4) is 0 Å². The predicted molar refractivity (Wildman–Crippen MR) is 247 cm³/mol. The van der Waals surface area contributed by atoms with Gasteiger partial charge in [-0.3, -0.25) is 43.3 Å². The Balaban J connectivity index is 1.52. The molecule has 0 saturated carbocycles. The van der Waals surface area contributed by atoms with Gasteiger partial charge >= 0.3 is 0 Å². The lowest BCUT2D eigenvalue weighted by Crippen LogP contribution is -2.63. The van der Waals surface area contributed by atoms with Gasteiger partial charge in [-0.2, -0.15) is 0 Å². The molecule has 22 nitrogen and oxygen atoms in total. The van der Waals surface area contributed by atoms with Crippen molar-refractivity contribution in [3.63, 3.8) is 0 Å². The number of H-pyrrole nitrogens is 2. The molecule has 1 unspecified atom stereocenters. The van der Waals surface area contributed by atoms with Gasteiger partial charge in [0.2, 0.25) is 47.3 Å². The maximum absolute atomic E-state index is 14.5. The number of nitrogens with two attached hydrogens (primary N) is 3. The number of guanidine groups is 1. The summed E-state index contributed by atoms with van der Waals surface area (Å²) in [5, 5.41) is 19.6. The molecule has 1 aliphatic rings. The number of para-hydroxylation sites is 1. The van der Waals surface area contributed by atoms with Gasteiger partial charge in [-0.15, -0.1) is 0 Å². The summed E-state index contributed by atoms with van der Waals surface area (Å²) in [6.45, 7) is 3.29. The van der Waals surface area contributed by atoms with E-state index in [-0.39, 0.29) is 63.9 Å². The number of rotatable bonds is 16. The minimum absolute atomic E-state index is 0.0273. The number of hydrogen-bond acceptors (Lipinski definition) is 10. The molecule has 1 aliphatic heterocycles. The van der Waals surface area contributed by atoms with E-state index in [2.05, 4.69) is 57.2 Å². The van der Waals surface area contributed by atoms with E-state index in [4.69, 9.17) is 17.2 Å². The molecule has 3 heterocycles. The molecule has 2 aromatic heterocycles. The minimum Gasteiger partial charge on any atom is -0.370 e. The second kappa shape index (κ2) is 24.5. The first-order valence-corrected chi connectivity index (χ1v) is 22.1. The van der Waals surface area contributed by atoms with Gasteiger partial charge in [0, 0.05) is 67.6 Å². The molecule has 0 aliphatic carbocycles. The summed E-state index contributed by atoms with van der Waals surface area (Å²) in [6, 6.07) is 6.72. The van der Waals surface area contributed by atoms with E-state index in [9.17, 15) is 38.4 Å². The first-order chi connectivity index (χ1) is 32.1. The highest BCUT2D eigenvalue weighted by Crippen LogP contribution is 2.19. The van der Waals surface area contributed by atoms with Crippen LogP contribution in [0.1, 0.15) is 69.2 Å².